The van der Waals surface area contributed by atoms with E-state index in [1.165, 1.54) is 4.31 Å². The lowest BCUT2D eigenvalue weighted by Crippen LogP contribution is -2.44. The number of hydrogen-bond acceptors (Lipinski definition) is 5. The molecule has 7 nitrogen and oxygen atoms in total. The van der Waals surface area contributed by atoms with Crippen LogP contribution in [0.25, 0.3) is 0 Å². The number of amides is 1. The highest BCUT2D eigenvalue weighted by atomic mass is 32.2. The molecule has 0 spiro atoms. The van der Waals surface area contributed by atoms with Crippen molar-refractivity contribution in [3.8, 4) is 0 Å². The molecule has 1 aliphatic rings. The predicted octanol–water partition coefficient (Wildman–Crippen LogP) is -0.135. The topological polar surface area (TPSA) is 101 Å². The molecule has 23 heavy (non-hydrogen) atoms. The number of nitrogens with zero attached hydrogens (tertiary/aromatic N) is 1. The molecule has 0 radical (unpaired) electrons. The third-order valence-corrected chi connectivity index (χ3v) is 6.78. The second-order valence-electron chi connectivity index (χ2n) is 5.55. The van der Waals surface area contributed by atoms with Crippen LogP contribution in [0.2, 0.25) is 0 Å². The standard InChI is InChI=1S/C14H20N2O5S2/c1-22(18,19)16(13-7-10-23(20,21)11-13)9-8-15-14(17)12-5-3-2-4-6-12/h2-6,13H,7-11H2,1H3,(H,15,17). The fraction of sp³-hybridized carbons (Fsp3) is 0.500. The summed E-state index contributed by atoms with van der Waals surface area (Å²) in [5, 5.41) is 2.65. The largest absolute Gasteiger partial charge is 0.351 e. The van der Waals surface area contributed by atoms with E-state index in [2.05, 4.69) is 5.32 Å². The molecular weight excluding hydrogens is 340 g/mol. The van der Waals surface area contributed by atoms with E-state index in [1.807, 2.05) is 0 Å². The minimum atomic E-state index is -3.54. The highest BCUT2D eigenvalue weighted by Crippen LogP contribution is 2.19. The van der Waals surface area contributed by atoms with Crippen molar-refractivity contribution in [1.29, 1.82) is 0 Å². The summed E-state index contributed by atoms with van der Waals surface area (Å²) in [6.07, 6.45) is 1.35. The lowest BCUT2D eigenvalue weighted by molar-refractivity contribution is 0.0950. The normalized spacial score (nSPS) is 20.5. The van der Waals surface area contributed by atoms with Gasteiger partial charge >= 0.3 is 0 Å². The molecule has 1 amide bonds. The zero-order chi connectivity index (χ0) is 17.1. The van der Waals surface area contributed by atoms with Crippen LogP contribution in [0.1, 0.15) is 16.8 Å². The van der Waals surface area contributed by atoms with Gasteiger partial charge in [-0.05, 0) is 18.6 Å². The van der Waals surface area contributed by atoms with Crippen molar-refractivity contribution >= 4 is 25.8 Å². The van der Waals surface area contributed by atoms with Crippen molar-refractivity contribution < 1.29 is 21.6 Å². The van der Waals surface area contributed by atoms with E-state index in [0.29, 0.717) is 12.0 Å². The van der Waals surface area contributed by atoms with Gasteiger partial charge in [0.15, 0.2) is 9.84 Å². The van der Waals surface area contributed by atoms with Gasteiger partial charge in [0.1, 0.15) is 0 Å². The molecule has 1 N–H and O–H groups in total. The molecular formula is C14H20N2O5S2. The molecule has 2 rings (SSSR count). The van der Waals surface area contributed by atoms with Gasteiger partial charge < -0.3 is 5.32 Å². The summed E-state index contributed by atoms with van der Waals surface area (Å²) in [6, 6.07) is 8.04. The van der Waals surface area contributed by atoms with Crippen molar-refractivity contribution in [3.63, 3.8) is 0 Å². The van der Waals surface area contributed by atoms with Crippen molar-refractivity contribution in [2.75, 3.05) is 30.9 Å². The van der Waals surface area contributed by atoms with Gasteiger partial charge in [-0.25, -0.2) is 16.8 Å². The number of carbonyl (C=O) groups is 1. The number of sulfonamides is 1. The van der Waals surface area contributed by atoms with E-state index in [0.717, 1.165) is 6.26 Å². The fourth-order valence-corrected chi connectivity index (χ4v) is 5.56. The SMILES string of the molecule is CS(=O)(=O)N(CCNC(=O)c1ccccc1)C1CCS(=O)(=O)C1. The third-order valence-electron chi connectivity index (χ3n) is 3.70. The van der Waals surface area contributed by atoms with Gasteiger partial charge in [-0.15, -0.1) is 0 Å². The number of sulfone groups is 1. The Labute approximate surface area is 136 Å². The highest BCUT2D eigenvalue weighted by Gasteiger charge is 2.36. The van der Waals surface area contributed by atoms with Gasteiger partial charge in [0.25, 0.3) is 5.91 Å². The number of rotatable bonds is 6. The molecule has 0 bridgehead atoms. The lowest BCUT2D eigenvalue weighted by Gasteiger charge is -2.25. The van der Waals surface area contributed by atoms with E-state index in [9.17, 15) is 21.6 Å². The average Bonchev–Trinajstić information content (AvgIpc) is 2.82. The second-order valence-corrected chi connectivity index (χ2v) is 9.72. The molecule has 0 aromatic heterocycles. The fourth-order valence-electron chi connectivity index (χ4n) is 2.59. The van der Waals surface area contributed by atoms with E-state index >= 15 is 0 Å². The summed E-state index contributed by atoms with van der Waals surface area (Å²) < 4.78 is 48.1. The Morgan fingerprint density at radius 2 is 1.96 bits per heavy atom. The summed E-state index contributed by atoms with van der Waals surface area (Å²) in [7, 11) is -6.72. The van der Waals surface area contributed by atoms with Crippen LogP contribution < -0.4 is 5.32 Å². The third kappa shape index (κ3) is 5.02. The number of hydrogen-bond donors (Lipinski definition) is 1. The first-order chi connectivity index (χ1) is 10.7. The van der Waals surface area contributed by atoms with Crippen LogP contribution in [0.5, 0.6) is 0 Å². The van der Waals surface area contributed by atoms with Crippen molar-refractivity contribution in [1.82, 2.24) is 9.62 Å². The van der Waals surface area contributed by atoms with Gasteiger partial charge in [-0.1, -0.05) is 18.2 Å². The maximum absolute atomic E-state index is 11.9. The second kappa shape index (κ2) is 6.98. The molecule has 1 aromatic carbocycles. The van der Waals surface area contributed by atoms with E-state index < -0.39 is 25.9 Å². The molecule has 1 heterocycles. The number of carbonyl (C=O) groups excluding carboxylic acids is 1. The minimum absolute atomic E-state index is 0.0000607. The summed E-state index contributed by atoms with van der Waals surface area (Å²) >= 11 is 0. The Morgan fingerprint density at radius 1 is 1.30 bits per heavy atom. The van der Waals surface area contributed by atoms with Crippen LogP contribution >= 0.6 is 0 Å². The summed E-state index contributed by atoms with van der Waals surface area (Å²) in [5.41, 5.74) is 0.488. The molecule has 0 aliphatic carbocycles. The maximum atomic E-state index is 11.9. The average molecular weight is 360 g/mol. The van der Waals surface area contributed by atoms with Gasteiger partial charge in [0, 0.05) is 24.7 Å². The van der Waals surface area contributed by atoms with Crippen molar-refractivity contribution in [2.24, 2.45) is 0 Å². The molecule has 1 atom stereocenters. The van der Waals surface area contributed by atoms with Crippen molar-refractivity contribution in [3.05, 3.63) is 35.9 Å². The zero-order valence-electron chi connectivity index (χ0n) is 12.8. The van der Waals surface area contributed by atoms with Crippen LogP contribution in [0.4, 0.5) is 0 Å². The summed E-state index contributed by atoms with van der Waals surface area (Å²) in [4.78, 5) is 11.9. The Kier molecular flexibility index (Phi) is 5.43. The number of nitrogens with one attached hydrogen (secondary N) is 1. The van der Waals surface area contributed by atoms with E-state index in [4.69, 9.17) is 0 Å². The van der Waals surface area contributed by atoms with Gasteiger partial charge in [0.2, 0.25) is 10.0 Å². The minimum Gasteiger partial charge on any atom is -0.351 e. The molecule has 0 saturated carbocycles. The first-order valence-electron chi connectivity index (χ1n) is 7.19. The van der Waals surface area contributed by atoms with Gasteiger partial charge in [-0.2, -0.15) is 4.31 Å². The first-order valence-corrected chi connectivity index (χ1v) is 10.9. The summed E-state index contributed by atoms with van der Waals surface area (Å²) in [5.74, 6) is -0.453. The van der Waals surface area contributed by atoms with Crippen LogP contribution in [0.15, 0.2) is 30.3 Å². The summed E-state index contributed by atoms with van der Waals surface area (Å²) in [6.45, 7) is 0.176. The highest BCUT2D eigenvalue weighted by molar-refractivity contribution is 7.92. The monoisotopic (exact) mass is 360 g/mol. The molecule has 1 aromatic rings. The Balaban J connectivity index is 1.96. The molecule has 1 aliphatic heterocycles. The molecule has 1 saturated heterocycles. The predicted molar refractivity (Wildman–Crippen MR) is 87.4 cm³/mol. The van der Waals surface area contributed by atoms with Crippen molar-refractivity contribution in [2.45, 2.75) is 12.5 Å². The molecule has 1 unspecified atom stereocenters. The lowest BCUT2D eigenvalue weighted by atomic mass is 10.2. The number of benzene rings is 1. The Hall–Kier alpha value is -1.45. The molecule has 9 heteroatoms. The van der Waals surface area contributed by atoms with Crippen LogP contribution in [-0.4, -0.2) is 63.9 Å². The van der Waals surface area contributed by atoms with Gasteiger partial charge in [-0.3, -0.25) is 4.79 Å². The van der Waals surface area contributed by atoms with Crippen LogP contribution in [0.3, 0.4) is 0 Å². The Morgan fingerprint density at radius 3 is 2.48 bits per heavy atom. The maximum Gasteiger partial charge on any atom is 0.251 e. The van der Waals surface area contributed by atoms with E-state index in [-0.39, 0.29) is 30.5 Å². The zero-order valence-corrected chi connectivity index (χ0v) is 14.4. The van der Waals surface area contributed by atoms with Crippen LogP contribution in [-0.2, 0) is 19.9 Å². The van der Waals surface area contributed by atoms with Gasteiger partial charge in [0.05, 0.1) is 17.8 Å². The van der Waals surface area contributed by atoms with Crippen LogP contribution in [0, 0.1) is 0 Å². The van der Waals surface area contributed by atoms with E-state index in [1.54, 1.807) is 30.3 Å². The first kappa shape index (κ1) is 17.9. The Bertz CT molecular complexity index is 760. The smallest absolute Gasteiger partial charge is 0.251 e. The molecule has 128 valence electrons. The molecule has 1 fully saturated rings. The quantitative estimate of drug-likeness (QED) is 0.761.